The summed E-state index contributed by atoms with van der Waals surface area (Å²) < 4.78 is 12.5. The molecule has 2 amide bonds. The van der Waals surface area contributed by atoms with Gasteiger partial charge in [0.1, 0.15) is 11.5 Å². The topological polar surface area (TPSA) is 94.0 Å². The maximum absolute atomic E-state index is 12.6. The molecule has 0 aliphatic carbocycles. The van der Waals surface area contributed by atoms with Crippen LogP contribution in [0.3, 0.4) is 0 Å². The highest BCUT2D eigenvalue weighted by atomic mass is 16.5. The van der Waals surface area contributed by atoms with Crippen molar-refractivity contribution in [2.45, 2.75) is 0 Å². The Bertz CT molecular complexity index is 1300. The molecule has 8 heteroatoms. The van der Waals surface area contributed by atoms with E-state index in [9.17, 15) is 9.59 Å². The number of rotatable bonds is 9. The van der Waals surface area contributed by atoms with Gasteiger partial charge in [-0.2, -0.15) is 5.10 Å². The normalized spacial score (nSPS) is 10.7. The van der Waals surface area contributed by atoms with Crippen molar-refractivity contribution in [1.82, 2.24) is 9.99 Å². The van der Waals surface area contributed by atoms with E-state index in [0.29, 0.717) is 22.7 Å². The minimum absolute atomic E-state index is 0.129. The van der Waals surface area contributed by atoms with E-state index in [4.69, 9.17) is 9.47 Å². The molecule has 0 aliphatic heterocycles. The van der Waals surface area contributed by atoms with Gasteiger partial charge in [0, 0.05) is 18.1 Å². The van der Waals surface area contributed by atoms with Crippen LogP contribution in [0.5, 0.6) is 11.5 Å². The minimum atomic E-state index is -0.312. The zero-order valence-electron chi connectivity index (χ0n) is 19.0. The van der Waals surface area contributed by atoms with Gasteiger partial charge >= 0.3 is 0 Å². The largest absolute Gasteiger partial charge is 0.497 e. The molecule has 0 unspecified atom stereocenters. The summed E-state index contributed by atoms with van der Waals surface area (Å²) in [5, 5.41) is 6.81. The van der Waals surface area contributed by atoms with Crippen LogP contribution in [0.2, 0.25) is 0 Å². The fourth-order valence-corrected chi connectivity index (χ4v) is 3.28. The van der Waals surface area contributed by atoms with E-state index in [2.05, 4.69) is 15.8 Å². The summed E-state index contributed by atoms with van der Waals surface area (Å²) in [5.41, 5.74) is 5.26. The molecule has 0 saturated carbocycles. The first-order chi connectivity index (χ1) is 17.1. The lowest BCUT2D eigenvalue weighted by molar-refractivity contribution is -0.118. The van der Waals surface area contributed by atoms with Gasteiger partial charge in [0.25, 0.3) is 11.8 Å². The van der Waals surface area contributed by atoms with Gasteiger partial charge in [-0.3, -0.25) is 9.59 Å². The predicted octanol–water partition coefficient (Wildman–Crippen LogP) is 4.27. The average Bonchev–Trinajstić information content (AvgIpc) is 3.44. The molecular weight excluding hydrogens is 444 g/mol. The van der Waals surface area contributed by atoms with Crippen LogP contribution in [0, 0.1) is 0 Å². The SMILES string of the molecule is COc1ccc(NC(=O)COc2ccc(/C=N\NC(=O)c3ccccc3-n3cccc3)cc2)cc1. The Kier molecular flexibility index (Phi) is 7.55. The molecule has 0 atom stereocenters. The highest BCUT2D eigenvalue weighted by molar-refractivity contribution is 5.98. The summed E-state index contributed by atoms with van der Waals surface area (Å²) in [5.74, 6) is 0.665. The second kappa shape index (κ2) is 11.3. The Morgan fingerprint density at radius 3 is 2.29 bits per heavy atom. The monoisotopic (exact) mass is 468 g/mol. The Balaban J connectivity index is 1.27. The van der Waals surface area contributed by atoms with Crippen molar-refractivity contribution in [1.29, 1.82) is 0 Å². The molecule has 1 heterocycles. The third-order valence-corrected chi connectivity index (χ3v) is 5.03. The van der Waals surface area contributed by atoms with Crippen LogP contribution in [0.15, 0.2) is 102 Å². The summed E-state index contributed by atoms with van der Waals surface area (Å²) in [7, 11) is 1.58. The number of amides is 2. The molecule has 4 rings (SSSR count). The van der Waals surface area contributed by atoms with Gasteiger partial charge in [-0.05, 0) is 78.4 Å². The number of anilines is 1. The molecule has 4 aromatic rings. The Morgan fingerprint density at radius 1 is 0.886 bits per heavy atom. The third kappa shape index (κ3) is 6.35. The molecule has 0 radical (unpaired) electrons. The number of aromatic nitrogens is 1. The zero-order chi connectivity index (χ0) is 24.5. The second-order valence-electron chi connectivity index (χ2n) is 7.44. The number of ether oxygens (including phenoxy) is 2. The summed E-state index contributed by atoms with van der Waals surface area (Å²) in [6.45, 7) is -0.129. The van der Waals surface area contributed by atoms with Gasteiger partial charge in [-0.15, -0.1) is 0 Å². The smallest absolute Gasteiger partial charge is 0.273 e. The van der Waals surface area contributed by atoms with E-state index in [0.717, 1.165) is 11.3 Å². The standard InChI is InChI=1S/C27H24N4O4/c1-34-22-14-10-21(11-15-22)29-26(32)19-35-23-12-8-20(9-13-23)18-28-30-27(33)24-6-2-3-7-25(24)31-16-4-5-17-31/h2-18H,19H2,1H3,(H,29,32)(H,30,33)/b28-18-. The lowest BCUT2D eigenvalue weighted by Crippen LogP contribution is -2.20. The number of carbonyl (C=O) groups excluding carboxylic acids is 2. The number of benzene rings is 3. The van der Waals surface area contributed by atoms with Gasteiger partial charge in [-0.1, -0.05) is 12.1 Å². The number of carbonyl (C=O) groups is 2. The van der Waals surface area contributed by atoms with Crippen molar-refractivity contribution >= 4 is 23.7 Å². The molecule has 0 aliphatic rings. The van der Waals surface area contributed by atoms with Crippen molar-refractivity contribution < 1.29 is 19.1 Å². The first-order valence-corrected chi connectivity index (χ1v) is 10.8. The number of nitrogens with one attached hydrogen (secondary N) is 2. The maximum Gasteiger partial charge on any atom is 0.273 e. The van der Waals surface area contributed by atoms with Crippen LogP contribution in [0.1, 0.15) is 15.9 Å². The lowest BCUT2D eigenvalue weighted by atomic mass is 10.1. The van der Waals surface area contributed by atoms with Crippen LogP contribution in [0.4, 0.5) is 5.69 Å². The highest BCUT2D eigenvalue weighted by Crippen LogP contribution is 2.16. The van der Waals surface area contributed by atoms with E-state index in [1.807, 2.05) is 47.3 Å². The fourth-order valence-electron chi connectivity index (χ4n) is 3.28. The second-order valence-corrected chi connectivity index (χ2v) is 7.44. The molecule has 3 aromatic carbocycles. The molecule has 2 N–H and O–H groups in total. The number of hydrogen-bond acceptors (Lipinski definition) is 5. The first kappa shape index (κ1) is 23.3. The lowest BCUT2D eigenvalue weighted by Gasteiger charge is -2.09. The van der Waals surface area contributed by atoms with Crippen molar-refractivity contribution in [2.75, 3.05) is 19.0 Å². The van der Waals surface area contributed by atoms with Crippen molar-refractivity contribution in [2.24, 2.45) is 5.10 Å². The molecule has 176 valence electrons. The fraction of sp³-hybridized carbons (Fsp3) is 0.0741. The van der Waals surface area contributed by atoms with Crippen LogP contribution < -0.4 is 20.2 Å². The quantitative estimate of drug-likeness (QED) is 0.283. The van der Waals surface area contributed by atoms with Gasteiger partial charge in [0.05, 0.1) is 24.6 Å². The molecule has 0 fully saturated rings. The van der Waals surface area contributed by atoms with Gasteiger partial charge in [0.2, 0.25) is 0 Å². The summed E-state index contributed by atoms with van der Waals surface area (Å²) in [6, 6.07) is 25.1. The predicted molar refractivity (Wildman–Crippen MR) is 134 cm³/mol. The number of hydrogen-bond donors (Lipinski definition) is 2. The third-order valence-electron chi connectivity index (χ3n) is 5.03. The van der Waals surface area contributed by atoms with Gasteiger partial charge in [-0.25, -0.2) is 5.43 Å². The number of para-hydroxylation sites is 1. The minimum Gasteiger partial charge on any atom is -0.497 e. The molecule has 0 spiro atoms. The maximum atomic E-state index is 12.6. The number of hydrazone groups is 1. The first-order valence-electron chi connectivity index (χ1n) is 10.8. The summed E-state index contributed by atoms with van der Waals surface area (Å²) in [4.78, 5) is 24.7. The average molecular weight is 469 g/mol. The summed E-state index contributed by atoms with van der Waals surface area (Å²) >= 11 is 0. The van der Waals surface area contributed by atoms with E-state index in [1.54, 1.807) is 61.7 Å². The van der Waals surface area contributed by atoms with Crippen molar-refractivity contribution in [3.63, 3.8) is 0 Å². The van der Waals surface area contributed by atoms with E-state index >= 15 is 0 Å². The van der Waals surface area contributed by atoms with Crippen LogP contribution in [0.25, 0.3) is 5.69 Å². The number of nitrogens with zero attached hydrogens (tertiary/aromatic N) is 2. The zero-order valence-corrected chi connectivity index (χ0v) is 19.0. The number of methoxy groups -OCH3 is 1. The Labute approximate surface area is 202 Å². The molecule has 0 bridgehead atoms. The van der Waals surface area contributed by atoms with Gasteiger partial charge < -0.3 is 19.4 Å². The highest BCUT2D eigenvalue weighted by Gasteiger charge is 2.11. The van der Waals surface area contributed by atoms with Crippen molar-refractivity contribution in [3.8, 4) is 17.2 Å². The molecule has 1 aromatic heterocycles. The molecular formula is C27H24N4O4. The summed E-state index contributed by atoms with van der Waals surface area (Å²) in [6.07, 6.45) is 5.29. The molecule has 0 saturated heterocycles. The van der Waals surface area contributed by atoms with Crippen molar-refractivity contribution in [3.05, 3.63) is 108 Å². The van der Waals surface area contributed by atoms with Gasteiger partial charge in [0.15, 0.2) is 6.61 Å². The van der Waals surface area contributed by atoms with Crippen LogP contribution >= 0.6 is 0 Å². The van der Waals surface area contributed by atoms with Crippen LogP contribution in [-0.4, -0.2) is 36.3 Å². The van der Waals surface area contributed by atoms with E-state index in [1.165, 1.54) is 6.21 Å². The van der Waals surface area contributed by atoms with E-state index < -0.39 is 0 Å². The Morgan fingerprint density at radius 2 is 1.57 bits per heavy atom. The van der Waals surface area contributed by atoms with E-state index in [-0.39, 0.29) is 18.4 Å². The van der Waals surface area contributed by atoms with Crippen LogP contribution in [-0.2, 0) is 4.79 Å². The Hall–Kier alpha value is -4.85. The molecule has 35 heavy (non-hydrogen) atoms. The molecule has 8 nitrogen and oxygen atoms in total.